The summed E-state index contributed by atoms with van der Waals surface area (Å²) in [6, 6.07) is 108. The summed E-state index contributed by atoms with van der Waals surface area (Å²) in [7, 11) is 0. The summed E-state index contributed by atoms with van der Waals surface area (Å²) in [5.74, 6) is 4.56. The molecule has 8 N–H and O–H groups in total. The van der Waals surface area contributed by atoms with Crippen molar-refractivity contribution in [1.29, 1.82) is 0 Å². The standard InChI is InChI=1S/C22H28O.C21H26O.C16H18O.C14H12O2.C13H12O2.C13H12O.2C7H8O/c1-16-5-7-18(8-6-16)22(19-9-11-20(23)12-10-19)14-17(2)13-21(3,4)15-22;1-16-5-7-17(8-6-16)21(14-4-13-20(2,3)15-21)18-9-11-19(22)12-10-18;1-12-4-6-13(7-5-12)16(2,3)14-8-10-15(17)11-9-14;1-10-2-4-11(5-3-10)14(16)12-6-8-13(15)9-7-12;1-10-2-6-12(7-3-10)15-13-8-4-11(14)5-9-13;1-10-2-4-11(5-3-10)12-6-8-13(14)9-7-12;1-6-2-4-7(8)5-3-6;1-6-3-2-4-7(8)5-6/h5-12,17,23H,13-15H2,1-4H3;5-12,22H,4,13-15H2,1-3H3;4-11,17H,1-3H3;2-9,15H,1H3;2-9,14H,1H3;2-9,14H,1H3;2*2-5,8H,1H3. The van der Waals surface area contributed by atoms with Crippen molar-refractivity contribution in [1.82, 2.24) is 0 Å². The van der Waals surface area contributed by atoms with Gasteiger partial charge in [0.15, 0.2) is 5.78 Å². The maximum absolute atomic E-state index is 12.0. The lowest BCUT2D eigenvalue weighted by atomic mass is 9.55. The van der Waals surface area contributed by atoms with Gasteiger partial charge in [0.2, 0.25) is 0 Å². The second-order valence-electron chi connectivity index (χ2n) is 35.3. The number of aryl methyl sites for hydroxylation is 8. The van der Waals surface area contributed by atoms with Crippen LogP contribution in [0, 0.1) is 72.1 Å². The molecule has 0 aliphatic heterocycles. The van der Waals surface area contributed by atoms with Crippen molar-refractivity contribution in [2.45, 2.75) is 165 Å². The highest BCUT2D eigenvalue weighted by Gasteiger charge is 2.46. The van der Waals surface area contributed by atoms with Crippen molar-refractivity contribution >= 4 is 5.78 Å². The molecule has 10 heteroatoms. The number of rotatable bonds is 11. The summed E-state index contributed by atoms with van der Waals surface area (Å²) in [6.45, 7) is 32.7. The monoisotopic (exact) mass is 1640 g/mol. The normalized spacial score (nSPS) is 15.8. The van der Waals surface area contributed by atoms with Gasteiger partial charge in [-0.3, -0.25) is 4.79 Å². The zero-order valence-corrected chi connectivity index (χ0v) is 74.3. The molecule has 0 saturated heterocycles. The van der Waals surface area contributed by atoms with Gasteiger partial charge in [-0.05, 0) is 294 Å². The molecule has 2 aliphatic carbocycles. The molecule has 0 bridgehead atoms. The molecule has 0 amide bonds. The van der Waals surface area contributed by atoms with E-state index in [0.717, 1.165) is 41.0 Å². The molecule has 0 radical (unpaired) electrons. The van der Waals surface area contributed by atoms with E-state index in [2.05, 4.69) is 197 Å². The molecule has 2 saturated carbocycles. The Balaban J connectivity index is 0.000000163. The summed E-state index contributed by atoms with van der Waals surface area (Å²) in [5, 5.41) is 73.6. The van der Waals surface area contributed by atoms with Gasteiger partial charge < -0.3 is 45.6 Å². The third-order valence-electron chi connectivity index (χ3n) is 22.9. The van der Waals surface area contributed by atoms with E-state index >= 15 is 0 Å². The summed E-state index contributed by atoms with van der Waals surface area (Å²) in [5.41, 5.74) is 22.0. The fourth-order valence-corrected chi connectivity index (χ4v) is 16.3. The first-order valence-corrected chi connectivity index (χ1v) is 42.4. The third-order valence-corrected chi connectivity index (χ3v) is 22.9. The van der Waals surface area contributed by atoms with Gasteiger partial charge in [-0.25, -0.2) is 0 Å². The number of phenolic OH excluding ortho intramolecular Hbond substituents is 8. The first-order valence-electron chi connectivity index (χ1n) is 42.4. The highest BCUT2D eigenvalue weighted by Crippen LogP contribution is 2.55. The first-order chi connectivity index (χ1) is 58.4. The van der Waals surface area contributed by atoms with Gasteiger partial charge in [-0.15, -0.1) is 0 Å². The van der Waals surface area contributed by atoms with Crippen molar-refractivity contribution in [3.63, 3.8) is 0 Å². The Morgan fingerprint density at radius 1 is 0.301 bits per heavy atom. The Morgan fingerprint density at radius 3 is 0.943 bits per heavy atom. The first kappa shape index (κ1) is 93.8. The van der Waals surface area contributed by atoms with Gasteiger partial charge in [0, 0.05) is 27.4 Å². The lowest BCUT2D eigenvalue weighted by Gasteiger charge is -2.48. The fourth-order valence-electron chi connectivity index (χ4n) is 16.3. The van der Waals surface area contributed by atoms with Crippen LogP contribution in [-0.2, 0) is 16.2 Å². The molecule has 2 aliphatic rings. The Bertz CT molecular complexity index is 5210. The highest BCUT2D eigenvalue weighted by molar-refractivity contribution is 6.09. The Hall–Kier alpha value is -13.1. The highest BCUT2D eigenvalue weighted by atomic mass is 16.5. The van der Waals surface area contributed by atoms with E-state index in [1.807, 2.05) is 149 Å². The second-order valence-corrected chi connectivity index (χ2v) is 35.3. The number of carbonyl (C=O) groups excluding carboxylic acids is 1. The van der Waals surface area contributed by atoms with E-state index in [0.29, 0.717) is 62.4 Å². The van der Waals surface area contributed by atoms with Gasteiger partial charge in [-0.2, -0.15) is 0 Å². The molecular formula is C113H124O10. The van der Waals surface area contributed by atoms with Crippen molar-refractivity contribution < 1.29 is 50.4 Å². The molecule has 0 spiro atoms. The van der Waals surface area contributed by atoms with Crippen LogP contribution in [0.4, 0.5) is 0 Å². The Labute approximate surface area is 730 Å². The quantitative estimate of drug-likeness (QED) is 0.0579. The molecule has 10 nitrogen and oxygen atoms in total. The minimum absolute atomic E-state index is 0.0278. The van der Waals surface area contributed by atoms with Gasteiger partial charge in [0.25, 0.3) is 0 Å². The minimum Gasteiger partial charge on any atom is -0.508 e. The van der Waals surface area contributed by atoms with Crippen LogP contribution in [0.1, 0.15) is 187 Å². The molecular weight excluding hydrogens is 1520 g/mol. The van der Waals surface area contributed by atoms with Gasteiger partial charge in [0.1, 0.15) is 57.5 Å². The van der Waals surface area contributed by atoms with E-state index < -0.39 is 0 Å². The van der Waals surface area contributed by atoms with Crippen LogP contribution < -0.4 is 4.74 Å². The molecule has 14 aromatic carbocycles. The Morgan fingerprint density at radius 2 is 0.577 bits per heavy atom. The van der Waals surface area contributed by atoms with Crippen LogP contribution in [-0.4, -0.2) is 46.6 Å². The van der Waals surface area contributed by atoms with Crippen LogP contribution in [0.5, 0.6) is 57.5 Å². The van der Waals surface area contributed by atoms with Gasteiger partial charge in [0.05, 0.1) is 0 Å². The van der Waals surface area contributed by atoms with Crippen LogP contribution in [0.25, 0.3) is 11.1 Å². The molecule has 123 heavy (non-hydrogen) atoms. The third kappa shape index (κ3) is 28.5. The summed E-state index contributed by atoms with van der Waals surface area (Å²) in [6.07, 6.45) is 8.49. The average Bonchev–Trinajstić information content (AvgIpc) is 0.754. The largest absolute Gasteiger partial charge is 0.508 e. The van der Waals surface area contributed by atoms with E-state index in [4.69, 9.17) is 30.3 Å². The summed E-state index contributed by atoms with van der Waals surface area (Å²) < 4.78 is 5.58. The summed E-state index contributed by atoms with van der Waals surface area (Å²) in [4.78, 5) is 12.0. The van der Waals surface area contributed by atoms with E-state index in [-0.39, 0.29) is 33.5 Å². The summed E-state index contributed by atoms with van der Waals surface area (Å²) >= 11 is 0. The number of ketones is 1. The fraction of sp³-hybridized carbons (Fsp3) is 0.248. The molecule has 14 aromatic rings. The smallest absolute Gasteiger partial charge is 0.193 e. The number of carbonyl (C=O) groups is 1. The minimum atomic E-state index is -0.0403. The molecule has 636 valence electrons. The number of phenols is 8. The Kier molecular flexibility index (Phi) is 33.1. The van der Waals surface area contributed by atoms with Gasteiger partial charge in [-0.1, -0.05) is 300 Å². The maximum atomic E-state index is 12.0. The zero-order chi connectivity index (χ0) is 89.1. The molecule has 3 atom stereocenters. The number of hydrogen-bond acceptors (Lipinski definition) is 10. The molecule has 0 heterocycles. The number of ether oxygens (including phenoxy) is 1. The predicted octanol–water partition coefficient (Wildman–Crippen LogP) is 28.6. The molecule has 2 fully saturated rings. The SMILES string of the molecule is Cc1ccc(-c2ccc(O)cc2)cc1.Cc1ccc(C(=O)c2ccc(O)cc2)cc1.Cc1ccc(C(C)(C)c2ccc(O)cc2)cc1.Cc1ccc(C2(c3ccc(O)cc3)CC(C)CC(C)(C)C2)cc1.Cc1ccc(C2(c3ccc(O)cc3)CCCC(C)(C)C2)cc1.Cc1ccc(O)cc1.Cc1ccc(Oc2ccc(O)cc2)cc1.Cc1cccc(O)c1. The van der Waals surface area contributed by atoms with Crippen LogP contribution in [0.15, 0.2) is 340 Å². The van der Waals surface area contributed by atoms with Crippen molar-refractivity contribution in [3.05, 3.63) is 429 Å². The lowest BCUT2D eigenvalue weighted by Crippen LogP contribution is -2.41. The van der Waals surface area contributed by atoms with Crippen molar-refractivity contribution in [3.8, 4) is 68.6 Å². The second kappa shape index (κ2) is 43.4. The topological polar surface area (TPSA) is 188 Å². The molecule has 16 rings (SSSR count). The zero-order valence-electron chi connectivity index (χ0n) is 74.3. The average molecular weight is 1640 g/mol. The van der Waals surface area contributed by atoms with E-state index in [9.17, 15) is 20.1 Å². The number of aromatic hydroxyl groups is 8. The molecule has 3 unspecified atom stereocenters. The molecule has 0 aromatic heterocycles. The lowest BCUT2D eigenvalue weighted by molar-refractivity contribution is 0.103. The van der Waals surface area contributed by atoms with E-state index in [1.54, 1.807) is 84.9 Å². The predicted molar refractivity (Wildman–Crippen MR) is 507 cm³/mol. The van der Waals surface area contributed by atoms with Crippen LogP contribution in [0.3, 0.4) is 0 Å². The van der Waals surface area contributed by atoms with Gasteiger partial charge >= 0.3 is 0 Å². The van der Waals surface area contributed by atoms with Crippen LogP contribution in [0.2, 0.25) is 0 Å². The number of benzene rings is 14. The van der Waals surface area contributed by atoms with Crippen molar-refractivity contribution in [2.24, 2.45) is 16.7 Å². The number of hydrogen-bond donors (Lipinski definition) is 8. The van der Waals surface area contributed by atoms with Crippen LogP contribution >= 0.6 is 0 Å². The maximum Gasteiger partial charge on any atom is 0.193 e. The van der Waals surface area contributed by atoms with E-state index in [1.165, 1.54) is 117 Å². The van der Waals surface area contributed by atoms with Crippen molar-refractivity contribution in [2.75, 3.05) is 0 Å².